The molecule has 1 aliphatic rings. The molecule has 1 aromatic carbocycles. The van der Waals surface area contributed by atoms with E-state index in [2.05, 4.69) is 35.8 Å². The average Bonchev–Trinajstić information content (AvgIpc) is 3.06. The summed E-state index contributed by atoms with van der Waals surface area (Å²) in [6.07, 6.45) is 1.84. The van der Waals surface area contributed by atoms with Gasteiger partial charge in [-0.25, -0.2) is 9.07 Å². The summed E-state index contributed by atoms with van der Waals surface area (Å²) >= 11 is 0. The fraction of sp³-hybridized carbons (Fsp3) is 0.476. The molecular weight excluding hydrogens is 359 g/mol. The second-order valence-electron chi connectivity index (χ2n) is 8.53. The number of piperidine rings is 1. The van der Waals surface area contributed by atoms with Gasteiger partial charge in [0.1, 0.15) is 11.3 Å². The van der Waals surface area contributed by atoms with Gasteiger partial charge in [0.15, 0.2) is 5.58 Å². The minimum absolute atomic E-state index is 0.0589. The van der Waals surface area contributed by atoms with Crippen LogP contribution in [0.4, 0.5) is 10.4 Å². The van der Waals surface area contributed by atoms with Crippen LogP contribution in [0.3, 0.4) is 0 Å². The molecule has 0 amide bonds. The standard InChI is InChI=1S/C21H25FN4O2/c1-21(2,3)18-6-7-19(27)26(24-18)13-14-8-10-25(11-9-14)20-23-16-12-15(22)4-5-17(16)28-20/h4-7,12,14H,8-11,13H2,1-3H3. The van der Waals surface area contributed by atoms with Crippen molar-refractivity contribution in [1.82, 2.24) is 14.8 Å². The van der Waals surface area contributed by atoms with Gasteiger partial charge in [-0.05, 0) is 37.0 Å². The first-order chi connectivity index (χ1) is 13.3. The average molecular weight is 384 g/mol. The highest BCUT2D eigenvalue weighted by molar-refractivity contribution is 5.74. The van der Waals surface area contributed by atoms with Gasteiger partial charge in [0.25, 0.3) is 11.6 Å². The maximum absolute atomic E-state index is 13.4. The van der Waals surface area contributed by atoms with Crippen LogP contribution in [0.2, 0.25) is 0 Å². The minimum Gasteiger partial charge on any atom is -0.423 e. The van der Waals surface area contributed by atoms with Gasteiger partial charge in [-0.3, -0.25) is 4.79 Å². The first-order valence-corrected chi connectivity index (χ1v) is 9.69. The third-order valence-corrected chi connectivity index (χ3v) is 5.29. The molecule has 0 N–H and O–H groups in total. The van der Waals surface area contributed by atoms with E-state index in [1.807, 2.05) is 6.07 Å². The summed E-state index contributed by atoms with van der Waals surface area (Å²) in [5, 5.41) is 4.58. The van der Waals surface area contributed by atoms with Crippen LogP contribution in [0.15, 0.2) is 39.5 Å². The van der Waals surface area contributed by atoms with Gasteiger partial charge < -0.3 is 9.32 Å². The Balaban J connectivity index is 1.43. The van der Waals surface area contributed by atoms with E-state index >= 15 is 0 Å². The lowest BCUT2D eigenvalue weighted by atomic mass is 9.92. The highest BCUT2D eigenvalue weighted by Gasteiger charge is 2.24. The van der Waals surface area contributed by atoms with E-state index < -0.39 is 0 Å². The summed E-state index contributed by atoms with van der Waals surface area (Å²) in [7, 11) is 0. The molecule has 0 unspecified atom stereocenters. The number of rotatable bonds is 3. The number of benzene rings is 1. The Morgan fingerprint density at radius 1 is 1.18 bits per heavy atom. The van der Waals surface area contributed by atoms with Crippen LogP contribution in [0.5, 0.6) is 0 Å². The van der Waals surface area contributed by atoms with Crippen LogP contribution in [-0.4, -0.2) is 27.9 Å². The fourth-order valence-corrected chi connectivity index (χ4v) is 3.55. The van der Waals surface area contributed by atoms with E-state index in [0.29, 0.717) is 29.6 Å². The van der Waals surface area contributed by atoms with Crippen molar-refractivity contribution in [2.75, 3.05) is 18.0 Å². The molecule has 0 radical (unpaired) electrons. The maximum atomic E-state index is 13.4. The van der Waals surface area contributed by atoms with Crippen molar-refractivity contribution in [3.8, 4) is 0 Å². The topological polar surface area (TPSA) is 64.2 Å². The van der Waals surface area contributed by atoms with Crippen LogP contribution < -0.4 is 10.5 Å². The highest BCUT2D eigenvalue weighted by atomic mass is 19.1. The molecule has 1 aliphatic heterocycles. The Bertz CT molecular complexity index is 1040. The van der Waals surface area contributed by atoms with Crippen LogP contribution in [-0.2, 0) is 12.0 Å². The monoisotopic (exact) mass is 384 g/mol. The number of halogens is 1. The van der Waals surface area contributed by atoms with Crippen molar-refractivity contribution < 1.29 is 8.81 Å². The van der Waals surface area contributed by atoms with Crippen molar-refractivity contribution in [3.63, 3.8) is 0 Å². The van der Waals surface area contributed by atoms with Crippen LogP contribution in [0.25, 0.3) is 11.1 Å². The molecule has 3 heterocycles. The fourth-order valence-electron chi connectivity index (χ4n) is 3.55. The summed E-state index contributed by atoms with van der Waals surface area (Å²) in [4.78, 5) is 18.7. The third-order valence-electron chi connectivity index (χ3n) is 5.29. The molecule has 4 rings (SSSR count). The van der Waals surface area contributed by atoms with E-state index in [-0.39, 0.29) is 16.8 Å². The highest BCUT2D eigenvalue weighted by Crippen LogP contribution is 2.27. The molecule has 0 bridgehead atoms. The molecule has 28 heavy (non-hydrogen) atoms. The summed E-state index contributed by atoms with van der Waals surface area (Å²) in [6, 6.07) is 8.32. The van der Waals surface area contributed by atoms with Crippen molar-refractivity contribution in [3.05, 3.63) is 52.2 Å². The number of anilines is 1. The minimum atomic E-state index is -0.318. The predicted molar refractivity (Wildman–Crippen MR) is 106 cm³/mol. The quantitative estimate of drug-likeness (QED) is 0.688. The second kappa shape index (κ2) is 7.04. The van der Waals surface area contributed by atoms with Crippen LogP contribution >= 0.6 is 0 Å². The van der Waals surface area contributed by atoms with Gasteiger partial charge >= 0.3 is 0 Å². The molecule has 1 fully saturated rings. The van der Waals surface area contributed by atoms with Crippen LogP contribution in [0.1, 0.15) is 39.3 Å². The molecule has 1 saturated heterocycles. The molecule has 6 nitrogen and oxygen atoms in total. The van der Waals surface area contributed by atoms with Crippen molar-refractivity contribution in [2.24, 2.45) is 5.92 Å². The van der Waals surface area contributed by atoms with E-state index in [0.717, 1.165) is 31.6 Å². The van der Waals surface area contributed by atoms with Gasteiger partial charge in [0, 0.05) is 37.2 Å². The third kappa shape index (κ3) is 3.79. The lowest BCUT2D eigenvalue weighted by Gasteiger charge is -2.31. The molecule has 0 atom stereocenters. The van der Waals surface area contributed by atoms with Gasteiger partial charge in [0.05, 0.1) is 5.69 Å². The van der Waals surface area contributed by atoms with Crippen molar-refractivity contribution in [1.29, 1.82) is 0 Å². The van der Waals surface area contributed by atoms with Gasteiger partial charge in [-0.1, -0.05) is 20.8 Å². The smallest absolute Gasteiger partial charge is 0.298 e. The molecule has 0 saturated carbocycles. The Labute approximate surface area is 163 Å². The van der Waals surface area contributed by atoms with Gasteiger partial charge in [-0.2, -0.15) is 10.1 Å². The molecule has 2 aromatic heterocycles. The van der Waals surface area contributed by atoms with Crippen LogP contribution in [0, 0.1) is 11.7 Å². The first-order valence-electron chi connectivity index (χ1n) is 9.69. The van der Waals surface area contributed by atoms with Crippen molar-refractivity contribution in [2.45, 2.75) is 45.6 Å². The van der Waals surface area contributed by atoms with E-state index in [1.165, 1.54) is 12.1 Å². The van der Waals surface area contributed by atoms with Gasteiger partial charge in [-0.15, -0.1) is 0 Å². The first kappa shape index (κ1) is 18.7. The number of hydrogen-bond acceptors (Lipinski definition) is 5. The zero-order chi connectivity index (χ0) is 19.9. The SMILES string of the molecule is CC(C)(C)c1ccc(=O)n(CC2CCN(c3nc4cc(F)ccc4o3)CC2)n1. The predicted octanol–water partition coefficient (Wildman–Crippen LogP) is 3.74. The van der Waals surface area contributed by atoms with E-state index in [1.54, 1.807) is 16.8 Å². The lowest BCUT2D eigenvalue weighted by Crippen LogP contribution is -2.37. The van der Waals surface area contributed by atoms with E-state index in [9.17, 15) is 9.18 Å². The second-order valence-corrected chi connectivity index (χ2v) is 8.53. The normalized spacial score (nSPS) is 16.1. The Hall–Kier alpha value is -2.70. The summed E-state index contributed by atoms with van der Waals surface area (Å²) in [6.45, 7) is 8.47. The van der Waals surface area contributed by atoms with Gasteiger partial charge in [0.2, 0.25) is 0 Å². The molecule has 148 valence electrons. The zero-order valence-corrected chi connectivity index (χ0v) is 16.5. The Morgan fingerprint density at radius 3 is 2.64 bits per heavy atom. The molecular formula is C21H25FN4O2. The number of hydrogen-bond donors (Lipinski definition) is 0. The lowest BCUT2D eigenvalue weighted by molar-refractivity contribution is 0.324. The summed E-state index contributed by atoms with van der Waals surface area (Å²) < 4.78 is 20.7. The maximum Gasteiger partial charge on any atom is 0.298 e. The summed E-state index contributed by atoms with van der Waals surface area (Å²) in [5.74, 6) is 0.0555. The molecule has 3 aromatic rings. The number of oxazole rings is 1. The molecule has 7 heteroatoms. The summed E-state index contributed by atoms with van der Waals surface area (Å²) in [5.41, 5.74) is 1.89. The molecule has 0 aliphatic carbocycles. The largest absolute Gasteiger partial charge is 0.423 e. The van der Waals surface area contributed by atoms with E-state index in [4.69, 9.17) is 4.42 Å². The zero-order valence-electron chi connectivity index (χ0n) is 16.5. The number of aromatic nitrogens is 3. The molecule has 0 spiro atoms. The Morgan fingerprint density at radius 2 is 1.93 bits per heavy atom. The Kier molecular flexibility index (Phi) is 4.69. The number of fused-ring (bicyclic) bond motifs is 1. The number of nitrogens with zero attached hydrogens (tertiary/aromatic N) is 4. The van der Waals surface area contributed by atoms with Crippen molar-refractivity contribution >= 4 is 17.1 Å².